The first kappa shape index (κ1) is 29.9. The predicted molar refractivity (Wildman–Crippen MR) is 231 cm³/mol. The predicted octanol–water partition coefficient (Wildman–Crippen LogP) is 15.6. The number of benzene rings is 8. The Kier molecular flexibility index (Phi) is 6.84. The van der Waals surface area contributed by atoms with Gasteiger partial charge in [0, 0.05) is 77.6 Å². The molecule has 0 saturated carbocycles. The molecular formula is C48H29NS3. The first-order valence-corrected chi connectivity index (χ1v) is 19.9. The van der Waals surface area contributed by atoms with Crippen LogP contribution in [0.25, 0.3) is 82.8 Å². The number of hydrogen-bond donors (Lipinski definition) is 0. The lowest BCUT2D eigenvalue weighted by molar-refractivity contribution is 1.29. The molecule has 244 valence electrons. The van der Waals surface area contributed by atoms with Crippen LogP contribution in [0.4, 0.5) is 17.1 Å². The van der Waals surface area contributed by atoms with Crippen molar-refractivity contribution in [2.45, 2.75) is 0 Å². The molecule has 4 heteroatoms. The van der Waals surface area contributed by atoms with Crippen molar-refractivity contribution in [2.75, 3.05) is 4.90 Å². The van der Waals surface area contributed by atoms with E-state index in [2.05, 4.69) is 181 Å². The lowest BCUT2D eigenvalue weighted by atomic mass is 9.98. The first-order chi connectivity index (χ1) is 25.8. The maximum Gasteiger partial charge on any atom is 0.0476 e. The normalized spacial score (nSPS) is 11.8. The molecule has 11 rings (SSSR count). The van der Waals surface area contributed by atoms with Crippen LogP contribution in [0, 0.1) is 0 Å². The Balaban J connectivity index is 1.08. The van der Waals surface area contributed by atoms with Gasteiger partial charge in [0.1, 0.15) is 0 Å². The minimum Gasteiger partial charge on any atom is -0.310 e. The molecule has 11 aromatic rings. The van der Waals surface area contributed by atoms with Crippen LogP contribution in [-0.4, -0.2) is 0 Å². The summed E-state index contributed by atoms with van der Waals surface area (Å²) in [5, 5.41) is 7.94. The van der Waals surface area contributed by atoms with Crippen LogP contribution in [0.2, 0.25) is 0 Å². The van der Waals surface area contributed by atoms with Gasteiger partial charge in [-0.25, -0.2) is 0 Å². The maximum absolute atomic E-state index is 2.42. The summed E-state index contributed by atoms with van der Waals surface area (Å²) in [5.41, 5.74) is 8.39. The molecule has 0 amide bonds. The molecule has 52 heavy (non-hydrogen) atoms. The Morgan fingerprint density at radius 3 is 1.44 bits per heavy atom. The molecule has 0 aliphatic heterocycles. The summed E-state index contributed by atoms with van der Waals surface area (Å²) in [6.45, 7) is 0. The Morgan fingerprint density at radius 2 is 0.769 bits per heavy atom. The van der Waals surface area contributed by atoms with Crippen molar-refractivity contribution in [2.24, 2.45) is 0 Å². The minimum absolute atomic E-state index is 1.13. The Labute approximate surface area is 312 Å². The molecule has 8 aromatic carbocycles. The third kappa shape index (κ3) is 4.72. The number of thiophene rings is 3. The zero-order valence-electron chi connectivity index (χ0n) is 27.9. The summed E-state index contributed by atoms with van der Waals surface area (Å²) in [6, 6.07) is 64.9. The molecule has 0 saturated heterocycles. The number of anilines is 3. The fourth-order valence-corrected chi connectivity index (χ4v) is 11.3. The van der Waals surface area contributed by atoms with Gasteiger partial charge in [-0.05, 0) is 89.0 Å². The van der Waals surface area contributed by atoms with E-state index in [1.54, 1.807) is 0 Å². The number of nitrogens with zero attached hydrogens (tertiary/aromatic N) is 1. The summed E-state index contributed by atoms with van der Waals surface area (Å²) in [5.74, 6) is 0. The summed E-state index contributed by atoms with van der Waals surface area (Å²) in [4.78, 5) is 2.42. The third-order valence-corrected chi connectivity index (χ3v) is 13.7. The molecule has 0 N–H and O–H groups in total. The van der Waals surface area contributed by atoms with E-state index in [0.717, 1.165) is 17.1 Å². The van der Waals surface area contributed by atoms with E-state index in [0.29, 0.717) is 0 Å². The minimum atomic E-state index is 1.13. The van der Waals surface area contributed by atoms with Gasteiger partial charge >= 0.3 is 0 Å². The van der Waals surface area contributed by atoms with Crippen molar-refractivity contribution >= 4 is 112 Å². The third-order valence-electron chi connectivity index (χ3n) is 10.3. The maximum atomic E-state index is 2.42. The van der Waals surface area contributed by atoms with Crippen LogP contribution in [0.3, 0.4) is 0 Å². The van der Waals surface area contributed by atoms with Crippen molar-refractivity contribution in [1.82, 2.24) is 0 Å². The Hall–Kier alpha value is -5.78. The second-order valence-corrected chi connectivity index (χ2v) is 16.5. The lowest BCUT2D eigenvalue weighted by Gasteiger charge is -2.26. The molecule has 0 atom stereocenters. The summed E-state index contributed by atoms with van der Waals surface area (Å²) >= 11 is 5.60. The molecule has 0 bridgehead atoms. The van der Waals surface area contributed by atoms with Crippen LogP contribution in [-0.2, 0) is 0 Å². The SMILES string of the molecule is c1cc(-c2cccc3sc4ccccc4c23)cc(N(c2ccc(-c3cccc4sc5ccccc5c34)cc2)c2ccc3c(c2)sc2ccccc23)c1. The summed E-state index contributed by atoms with van der Waals surface area (Å²) in [6.07, 6.45) is 0. The van der Waals surface area contributed by atoms with Crippen LogP contribution < -0.4 is 4.90 Å². The van der Waals surface area contributed by atoms with Crippen molar-refractivity contribution in [1.29, 1.82) is 0 Å². The van der Waals surface area contributed by atoms with E-state index in [9.17, 15) is 0 Å². The molecule has 1 nitrogen and oxygen atoms in total. The monoisotopic (exact) mass is 715 g/mol. The van der Waals surface area contributed by atoms with Crippen molar-refractivity contribution in [3.8, 4) is 22.3 Å². The molecule has 3 aromatic heterocycles. The van der Waals surface area contributed by atoms with Gasteiger partial charge < -0.3 is 4.90 Å². The molecular weight excluding hydrogens is 687 g/mol. The molecule has 0 fully saturated rings. The number of hydrogen-bond acceptors (Lipinski definition) is 4. The van der Waals surface area contributed by atoms with Crippen molar-refractivity contribution < 1.29 is 0 Å². The van der Waals surface area contributed by atoms with E-state index in [-0.39, 0.29) is 0 Å². The highest BCUT2D eigenvalue weighted by atomic mass is 32.1. The summed E-state index contributed by atoms with van der Waals surface area (Å²) < 4.78 is 7.91. The van der Waals surface area contributed by atoms with Gasteiger partial charge in [-0.3, -0.25) is 0 Å². The first-order valence-electron chi connectivity index (χ1n) is 17.5. The fourth-order valence-electron chi connectivity index (χ4n) is 7.93. The topological polar surface area (TPSA) is 3.24 Å². The smallest absolute Gasteiger partial charge is 0.0476 e. The van der Waals surface area contributed by atoms with E-state index in [1.165, 1.54) is 82.8 Å². The zero-order chi connectivity index (χ0) is 34.2. The molecule has 3 heterocycles. The Morgan fingerprint density at radius 1 is 0.288 bits per heavy atom. The summed E-state index contributed by atoms with van der Waals surface area (Å²) in [7, 11) is 0. The zero-order valence-corrected chi connectivity index (χ0v) is 30.4. The second-order valence-electron chi connectivity index (χ2n) is 13.3. The van der Waals surface area contributed by atoms with Crippen LogP contribution >= 0.6 is 34.0 Å². The van der Waals surface area contributed by atoms with Gasteiger partial charge in [0.05, 0.1) is 0 Å². The average molecular weight is 716 g/mol. The van der Waals surface area contributed by atoms with Gasteiger partial charge in [0.25, 0.3) is 0 Å². The highest BCUT2D eigenvalue weighted by molar-refractivity contribution is 7.26. The molecule has 0 radical (unpaired) electrons. The molecule has 0 spiro atoms. The fraction of sp³-hybridized carbons (Fsp3) is 0. The largest absolute Gasteiger partial charge is 0.310 e. The van der Waals surface area contributed by atoms with Gasteiger partial charge in [-0.2, -0.15) is 0 Å². The number of fused-ring (bicyclic) bond motifs is 9. The Bertz CT molecular complexity index is 3140. The quantitative estimate of drug-likeness (QED) is 0.171. The van der Waals surface area contributed by atoms with E-state index in [1.807, 2.05) is 34.0 Å². The van der Waals surface area contributed by atoms with Crippen LogP contribution in [0.15, 0.2) is 176 Å². The molecule has 0 aliphatic carbocycles. The lowest BCUT2D eigenvalue weighted by Crippen LogP contribution is -2.10. The highest BCUT2D eigenvalue weighted by Gasteiger charge is 2.18. The van der Waals surface area contributed by atoms with Gasteiger partial charge in [0.15, 0.2) is 0 Å². The standard InChI is InChI=1S/C48H29NS3/c1-4-17-41-37(12-1)38-27-26-34(29-46(38)52-41)49(32-24-22-30(23-25-32)35-15-8-20-44-47(35)39-13-2-5-18-42(39)50-44)33-11-7-10-31(28-33)36-16-9-21-45-48(36)40-14-3-6-19-43(40)51-45/h1-29H. The average Bonchev–Trinajstić information content (AvgIpc) is 3.89. The highest BCUT2D eigenvalue weighted by Crippen LogP contribution is 2.45. The van der Waals surface area contributed by atoms with Gasteiger partial charge in [-0.1, -0.05) is 109 Å². The van der Waals surface area contributed by atoms with Gasteiger partial charge in [0.2, 0.25) is 0 Å². The van der Waals surface area contributed by atoms with Crippen molar-refractivity contribution in [3.63, 3.8) is 0 Å². The van der Waals surface area contributed by atoms with E-state index in [4.69, 9.17) is 0 Å². The number of rotatable bonds is 5. The van der Waals surface area contributed by atoms with Crippen LogP contribution in [0.5, 0.6) is 0 Å². The van der Waals surface area contributed by atoms with Crippen LogP contribution in [0.1, 0.15) is 0 Å². The van der Waals surface area contributed by atoms with E-state index < -0.39 is 0 Å². The molecule has 0 aliphatic rings. The second kappa shape index (κ2) is 11.9. The van der Waals surface area contributed by atoms with E-state index >= 15 is 0 Å². The molecule has 0 unspecified atom stereocenters. The van der Waals surface area contributed by atoms with Crippen molar-refractivity contribution in [3.05, 3.63) is 176 Å². The van der Waals surface area contributed by atoms with Gasteiger partial charge in [-0.15, -0.1) is 34.0 Å².